The number of rotatable bonds is 7. The smallest absolute Gasteiger partial charge is 0.338 e. The quantitative estimate of drug-likeness (QED) is 0.384. The molecule has 12 nitrogen and oxygen atoms in total. The van der Waals surface area contributed by atoms with Crippen LogP contribution < -0.4 is 28.4 Å². The van der Waals surface area contributed by atoms with Crippen molar-refractivity contribution in [3.05, 3.63) is 35.4 Å². The predicted octanol–water partition coefficient (Wildman–Crippen LogP) is 4.71. The van der Waals surface area contributed by atoms with Gasteiger partial charge < -0.3 is 47.7 Å². The molecule has 0 amide bonds. The first-order chi connectivity index (χ1) is 22.6. The number of carbonyl (C=O) groups is 2. The normalized spacial score (nSPS) is 22.2. The van der Waals surface area contributed by atoms with Crippen molar-refractivity contribution in [2.24, 2.45) is 5.41 Å². The molecule has 1 saturated heterocycles. The van der Waals surface area contributed by atoms with Gasteiger partial charge in [0.05, 0.1) is 59.9 Å². The van der Waals surface area contributed by atoms with Gasteiger partial charge in [0, 0.05) is 39.3 Å². The number of ether oxygens (including phenoxy) is 8. The van der Waals surface area contributed by atoms with Crippen molar-refractivity contribution in [2.75, 3.05) is 88.0 Å². The molecule has 4 bridgehead atoms. The largest absolute Gasteiger partial charge is 0.493 e. The number of hydrogen-bond acceptors (Lipinski definition) is 12. The first-order valence-electron chi connectivity index (χ1n) is 16.1. The van der Waals surface area contributed by atoms with Crippen LogP contribution in [0.25, 0.3) is 0 Å². The number of carbonyl (C=O) groups excluding carboxylic acids is 2. The number of cyclic esters (lactones) is 1. The lowest BCUT2D eigenvalue weighted by atomic mass is 9.92. The van der Waals surface area contributed by atoms with Gasteiger partial charge in [-0.15, -0.1) is 0 Å². The van der Waals surface area contributed by atoms with Crippen LogP contribution in [0.4, 0.5) is 0 Å². The molecule has 0 aromatic heterocycles. The number of methoxy groups -OCH3 is 5. The van der Waals surface area contributed by atoms with E-state index in [0.29, 0.717) is 78.1 Å². The van der Waals surface area contributed by atoms with Crippen LogP contribution in [0.1, 0.15) is 60.2 Å². The third-order valence-corrected chi connectivity index (χ3v) is 8.44. The summed E-state index contributed by atoms with van der Waals surface area (Å²) in [5.41, 5.74) is 0.679. The van der Waals surface area contributed by atoms with E-state index in [2.05, 4.69) is 23.6 Å². The maximum Gasteiger partial charge on any atom is 0.338 e. The van der Waals surface area contributed by atoms with Crippen molar-refractivity contribution in [3.63, 3.8) is 0 Å². The van der Waals surface area contributed by atoms with Gasteiger partial charge in [0.2, 0.25) is 11.5 Å². The molecule has 2 aliphatic heterocycles. The van der Waals surface area contributed by atoms with E-state index < -0.39 is 11.9 Å². The second-order valence-corrected chi connectivity index (χ2v) is 12.6. The summed E-state index contributed by atoms with van der Waals surface area (Å²) >= 11 is 0. The standard InChI is InChI=1S/C35H50N2O10/c1-35(2)22-36-12-9-17-46-33(38)24-18-29(42-5)32(44-7)30(21-24)45-16-8-10-26(11-13-37(23-35)15-14-36)47-34(39)25-19-27(40-3)31(43-6)28(20-25)41-4/h18-21,26H,8-17,22-23H2,1-7H3/t26-/m1/s1. The average molecular weight is 659 g/mol. The number of nitrogens with zero attached hydrogens (tertiary/aromatic N) is 2. The van der Waals surface area contributed by atoms with Gasteiger partial charge in [-0.05, 0) is 55.4 Å². The third kappa shape index (κ3) is 9.57. The summed E-state index contributed by atoms with van der Waals surface area (Å²) in [5.74, 6) is 1.35. The summed E-state index contributed by atoms with van der Waals surface area (Å²) in [5, 5.41) is 0. The molecule has 2 heterocycles. The van der Waals surface area contributed by atoms with E-state index in [1.54, 1.807) is 24.3 Å². The van der Waals surface area contributed by atoms with Crippen molar-refractivity contribution < 1.29 is 47.5 Å². The number of esters is 2. The molecule has 0 aliphatic carbocycles. The van der Waals surface area contributed by atoms with Crippen LogP contribution in [-0.4, -0.2) is 116 Å². The van der Waals surface area contributed by atoms with Gasteiger partial charge in [-0.1, -0.05) is 13.8 Å². The lowest BCUT2D eigenvalue weighted by Gasteiger charge is -2.31. The molecular weight excluding hydrogens is 608 g/mol. The maximum atomic E-state index is 13.5. The van der Waals surface area contributed by atoms with Gasteiger partial charge in [0.25, 0.3) is 0 Å². The summed E-state index contributed by atoms with van der Waals surface area (Å²) < 4.78 is 45.3. The van der Waals surface area contributed by atoms with Crippen molar-refractivity contribution in [3.8, 4) is 34.5 Å². The van der Waals surface area contributed by atoms with Gasteiger partial charge in [-0.25, -0.2) is 9.59 Å². The van der Waals surface area contributed by atoms with Crippen LogP contribution in [0.2, 0.25) is 0 Å². The second-order valence-electron chi connectivity index (χ2n) is 12.6. The highest BCUT2D eigenvalue weighted by Gasteiger charge is 2.30. The molecule has 0 radical (unpaired) electrons. The zero-order valence-corrected chi connectivity index (χ0v) is 28.8. The minimum atomic E-state index is -0.478. The molecule has 4 rings (SSSR count). The Labute approximate surface area is 278 Å². The monoisotopic (exact) mass is 658 g/mol. The van der Waals surface area contributed by atoms with Gasteiger partial charge in [-0.2, -0.15) is 0 Å². The van der Waals surface area contributed by atoms with Crippen LogP contribution in [0, 0.1) is 5.41 Å². The molecule has 12 heteroatoms. The van der Waals surface area contributed by atoms with E-state index in [-0.39, 0.29) is 11.5 Å². The molecular formula is C35H50N2O10. The maximum absolute atomic E-state index is 13.5. The molecule has 47 heavy (non-hydrogen) atoms. The minimum absolute atomic E-state index is 0.0558. The molecule has 0 N–H and O–H groups in total. The highest BCUT2D eigenvalue weighted by molar-refractivity contribution is 5.92. The molecule has 260 valence electrons. The summed E-state index contributed by atoms with van der Waals surface area (Å²) in [4.78, 5) is 31.4. The summed E-state index contributed by atoms with van der Waals surface area (Å²) in [6, 6.07) is 6.41. The summed E-state index contributed by atoms with van der Waals surface area (Å²) in [6.07, 6.45) is 2.12. The number of benzene rings is 2. The molecule has 2 unspecified atom stereocenters. The van der Waals surface area contributed by atoms with Gasteiger partial charge in [-0.3, -0.25) is 0 Å². The molecule has 2 aromatic carbocycles. The summed E-state index contributed by atoms with van der Waals surface area (Å²) in [7, 11) is 7.56. The third-order valence-electron chi connectivity index (χ3n) is 8.44. The summed E-state index contributed by atoms with van der Waals surface area (Å²) in [6.45, 7) is 10.4. The Kier molecular flexibility index (Phi) is 12.8. The molecule has 0 saturated carbocycles. The van der Waals surface area contributed by atoms with Gasteiger partial charge >= 0.3 is 11.9 Å². The topological polar surface area (TPSA) is 114 Å². The Balaban J connectivity index is 1.59. The minimum Gasteiger partial charge on any atom is -0.493 e. The van der Waals surface area contributed by atoms with Crippen molar-refractivity contribution in [1.82, 2.24) is 9.80 Å². The van der Waals surface area contributed by atoms with E-state index in [0.717, 1.165) is 45.7 Å². The second kappa shape index (κ2) is 16.8. The Bertz CT molecular complexity index is 1340. The van der Waals surface area contributed by atoms with Crippen LogP contribution in [0.3, 0.4) is 0 Å². The Morgan fingerprint density at radius 1 is 0.723 bits per heavy atom. The predicted molar refractivity (Wildman–Crippen MR) is 176 cm³/mol. The fraction of sp³-hybridized carbons (Fsp3) is 0.600. The van der Waals surface area contributed by atoms with Crippen LogP contribution in [0.5, 0.6) is 34.5 Å². The zero-order chi connectivity index (χ0) is 34.0. The van der Waals surface area contributed by atoms with Gasteiger partial charge in [0.15, 0.2) is 23.0 Å². The van der Waals surface area contributed by atoms with Crippen LogP contribution in [0.15, 0.2) is 24.3 Å². The fourth-order valence-corrected chi connectivity index (χ4v) is 6.27. The van der Waals surface area contributed by atoms with E-state index >= 15 is 0 Å². The van der Waals surface area contributed by atoms with Crippen molar-refractivity contribution >= 4 is 11.9 Å². The highest BCUT2D eigenvalue weighted by Crippen LogP contribution is 2.40. The van der Waals surface area contributed by atoms with E-state index in [9.17, 15) is 9.59 Å². The van der Waals surface area contributed by atoms with Crippen LogP contribution in [-0.2, 0) is 9.47 Å². The highest BCUT2D eigenvalue weighted by atomic mass is 16.6. The molecule has 2 aliphatic rings. The number of hydrogen-bond donors (Lipinski definition) is 0. The van der Waals surface area contributed by atoms with E-state index in [4.69, 9.17) is 37.9 Å². The van der Waals surface area contributed by atoms with Crippen LogP contribution >= 0.6 is 0 Å². The molecule has 2 aromatic rings. The Hall–Kier alpha value is -3.90. The van der Waals surface area contributed by atoms with Crippen molar-refractivity contribution in [1.29, 1.82) is 0 Å². The Morgan fingerprint density at radius 2 is 1.32 bits per heavy atom. The molecule has 3 atom stereocenters. The first kappa shape index (κ1) is 35.9. The average Bonchev–Trinajstić information content (AvgIpc) is 3.21. The van der Waals surface area contributed by atoms with E-state index in [1.807, 2.05) is 0 Å². The lowest BCUT2D eigenvalue weighted by molar-refractivity contribution is 0.0214. The number of fused-ring (bicyclic) bond motifs is 5. The fourth-order valence-electron chi connectivity index (χ4n) is 6.27. The molecule has 0 spiro atoms. The van der Waals surface area contributed by atoms with Crippen molar-refractivity contribution in [2.45, 2.75) is 45.6 Å². The first-order valence-corrected chi connectivity index (χ1v) is 16.1. The van der Waals surface area contributed by atoms with Gasteiger partial charge in [0.1, 0.15) is 6.10 Å². The zero-order valence-electron chi connectivity index (χ0n) is 28.8. The lowest BCUT2D eigenvalue weighted by Crippen LogP contribution is -2.37. The molecule has 1 fully saturated rings. The van der Waals surface area contributed by atoms with E-state index in [1.165, 1.54) is 35.5 Å². The Morgan fingerprint density at radius 3 is 1.94 bits per heavy atom. The SMILES string of the molecule is COc1cc(C(=O)O[C@@H]2CCCOc3cc(cc(OC)c3OC)C(=O)OCCCN3CCN(CC2)CC(C)(C)C3)cc(OC)c1OC.